The maximum atomic E-state index is 13.7. The molecule has 2 aromatic heterocycles. The van der Waals surface area contributed by atoms with E-state index in [4.69, 9.17) is 4.98 Å². The summed E-state index contributed by atoms with van der Waals surface area (Å²) in [6.45, 7) is 0. The van der Waals surface area contributed by atoms with Gasteiger partial charge in [0.1, 0.15) is 0 Å². The minimum absolute atomic E-state index is 0. The van der Waals surface area contributed by atoms with Crippen molar-refractivity contribution >= 4 is 22.4 Å². The molecule has 33 heavy (non-hydrogen) atoms. The number of H-pyrrole nitrogens is 1. The molecule has 0 bridgehead atoms. The van der Waals surface area contributed by atoms with Crippen molar-refractivity contribution in [3.05, 3.63) is 71.9 Å². The first-order valence-electron chi connectivity index (χ1n) is 10.9. The molecule has 2 N–H and O–H groups in total. The summed E-state index contributed by atoms with van der Waals surface area (Å²) in [5.41, 5.74) is 2.14. The molecule has 0 aliphatic heterocycles. The molecule has 0 saturated heterocycles. The Morgan fingerprint density at radius 1 is 0.909 bits per heavy atom. The van der Waals surface area contributed by atoms with Gasteiger partial charge in [0, 0.05) is 46.8 Å². The average Bonchev–Trinajstić information content (AvgIpc) is 3.22. The standard InChI is InChI=1S/C25H23F3N4.V/c26-25(27,28)20-12-6-4-10-18(20)23-15-17(14-22(30-23)16-8-2-1-3-9-16)29-24-19-11-5-7-13-21(19)31-32-24;/h4-7,10-16H,1-3,8-9H2,(H2,29,30,31,32);. The third-order valence-electron chi connectivity index (χ3n) is 6.11. The van der Waals surface area contributed by atoms with Gasteiger partial charge in [-0.25, -0.2) is 0 Å². The average molecular weight is 487 g/mol. The molecule has 4 aromatic rings. The van der Waals surface area contributed by atoms with Crippen molar-refractivity contribution in [3.8, 4) is 11.3 Å². The van der Waals surface area contributed by atoms with Gasteiger partial charge in [0.05, 0.1) is 16.8 Å². The van der Waals surface area contributed by atoms with Crippen LogP contribution in [0.3, 0.4) is 0 Å². The molecule has 2 heterocycles. The van der Waals surface area contributed by atoms with Gasteiger partial charge < -0.3 is 5.32 Å². The van der Waals surface area contributed by atoms with E-state index in [0.29, 0.717) is 17.2 Å². The number of nitrogens with one attached hydrogen (secondary N) is 2. The van der Waals surface area contributed by atoms with E-state index in [1.807, 2.05) is 30.3 Å². The van der Waals surface area contributed by atoms with Crippen molar-refractivity contribution in [1.82, 2.24) is 15.2 Å². The minimum atomic E-state index is -4.45. The van der Waals surface area contributed by atoms with Crippen molar-refractivity contribution in [1.29, 1.82) is 0 Å². The number of halogens is 3. The molecule has 1 aliphatic carbocycles. The van der Waals surface area contributed by atoms with Gasteiger partial charge in [0.15, 0.2) is 5.82 Å². The van der Waals surface area contributed by atoms with E-state index in [9.17, 15) is 13.2 Å². The van der Waals surface area contributed by atoms with Crippen LogP contribution in [0.1, 0.15) is 49.3 Å². The fourth-order valence-electron chi connectivity index (χ4n) is 4.52. The number of alkyl halides is 3. The second-order valence-electron chi connectivity index (χ2n) is 8.29. The molecular formula is C25H23F3N4V. The zero-order chi connectivity index (χ0) is 22.1. The minimum Gasteiger partial charge on any atom is -0.338 e. The Balaban J connectivity index is 0.00000259. The number of pyridine rings is 1. The fraction of sp³-hybridized carbons (Fsp3) is 0.280. The van der Waals surface area contributed by atoms with Crippen molar-refractivity contribution in [2.45, 2.75) is 44.2 Å². The van der Waals surface area contributed by atoms with E-state index in [1.54, 1.807) is 12.1 Å². The monoisotopic (exact) mass is 487 g/mol. The summed E-state index contributed by atoms with van der Waals surface area (Å²) in [5, 5.41) is 11.6. The molecule has 4 nitrogen and oxygen atoms in total. The SMILES string of the molecule is FC(F)(F)c1ccccc1-c1cc(Nc2n[nH]c3ccccc23)cc(C2CCCCC2)n1.[V]. The fourth-order valence-corrected chi connectivity index (χ4v) is 4.52. The Hall–Kier alpha value is -2.77. The Labute approximate surface area is 201 Å². The van der Waals surface area contributed by atoms with Crippen LogP contribution in [-0.2, 0) is 24.7 Å². The molecule has 1 fully saturated rings. The summed E-state index contributed by atoms with van der Waals surface area (Å²) in [4.78, 5) is 4.72. The zero-order valence-corrected chi connectivity index (χ0v) is 19.3. The number of hydrogen-bond donors (Lipinski definition) is 2. The normalized spacial score (nSPS) is 14.8. The molecule has 1 saturated carbocycles. The molecule has 0 atom stereocenters. The quantitative estimate of drug-likeness (QED) is 0.315. The van der Waals surface area contributed by atoms with E-state index in [-0.39, 0.29) is 30.0 Å². The van der Waals surface area contributed by atoms with E-state index >= 15 is 0 Å². The second kappa shape index (κ2) is 9.61. The molecule has 0 amide bonds. The van der Waals surface area contributed by atoms with Gasteiger partial charge in [-0.2, -0.15) is 18.3 Å². The number of benzene rings is 2. The van der Waals surface area contributed by atoms with E-state index in [1.165, 1.54) is 18.6 Å². The molecule has 5 rings (SSSR count). The molecule has 8 heteroatoms. The third kappa shape index (κ3) is 4.94. The maximum Gasteiger partial charge on any atom is 0.417 e. The summed E-state index contributed by atoms with van der Waals surface area (Å²) >= 11 is 0. The first kappa shape index (κ1) is 23.4. The largest absolute Gasteiger partial charge is 0.417 e. The number of aromatic nitrogens is 3. The number of fused-ring (bicyclic) bond motifs is 1. The second-order valence-corrected chi connectivity index (χ2v) is 8.29. The van der Waals surface area contributed by atoms with Gasteiger partial charge in [0.25, 0.3) is 0 Å². The van der Waals surface area contributed by atoms with Crippen LogP contribution in [0.4, 0.5) is 24.7 Å². The van der Waals surface area contributed by atoms with E-state index in [0.717, 1.165) is 48.3 Å². The summed E-state index contributed by atoms with van der Waals surface area (Å²) in [6.07, 6.45) is 0.970. The summed E-state index contributed by atoms with van der Waals surface area (Å²) in [7, 11) is 0. The first-order chi connectivity index (χ1) is 15.5. The summed E-state index contributed by atoms with van der Waals surface area (Å²) < 4.78 is 41.1. The van der Waals surface area contributed by atoms with E-state index < -0.39 is 11.7 Å². The molecular weight excluding hydrogens is 464 g/mol. The van der Waals surface area contributed by atoms with Crippen molar-refractivity contribution in [2.75, 3.05) is 5.32 Å². The smallest absolute Gasteiger partial charge is 0.338 e. The number of hydrogen-bond acceptors (Lipinski definition) is 3. The predicted octanol–water partition coefficient (Wildman–Crippen LogP) is 7.43. The van der Waals surface area contributed by atoms with Crippen LogP contribution in [-0.4, -0.2) is 15.2 Å². The number of anilines is 2. The Morgan fingerprint density at radius 2 is 1.64 bits per heavy atom. The van der Waals surface area contributed by atoms with Gasteiger partial charge in [0.2, 0.25) is 0 Å². The summed E-state index contributed by atoms with van der Waals surface area (Å²) in [6, 6.07) is 17.0. The number of nitrogens with zero attached hydrogens (tertiary/aromatic N) is 2. The van der Waals surface area contributed by atoms with Gasteiger partial charge in [-0.15, -0.1) is 0 Å². The molecule has 1 radical (unpaired) electrons. The number of para-hydroxylation sites is 1. The predicted molar refractivity (Wildman–Crippen MR) is 120 cm³/mol. The van der Waals surface area contributed by atoms with Gasteiger partial charge >= 0.3 is 6.18 Å². The van der Waals surface area contributed by atoms with Crippen molar-refractivity contribution in [3.63, 3.8) is 0 Å². The summed E-state index contributed by atoms with van der Waals surface area (Å²) in [5.74, 6) is 0.884. The van der Waals surface area contributed by atoms with Crippen LogP contribution in [0.2, 0.25) is 0 Å². The van der Waals surface area contributed by atoms with Crippen LogP contribution in [0.5, 0.6) is 0 Å². The molecule has 0 spiro atoms. The van der Waals surface area contributed by atoms with Crippen LogP contribution in [0.15, 0.2) is 60.7 Å². The van der Waals surface area contributed by atoms with E-state index in [2.05, 4.69) is 15.5 Å². The van der Waals surface area contributed by atoms with Crippen LogP contribution in [0, 0.1) is 0 Å². The van der Waals surface area contributed by atoms with Crippen LogP contribution < -0.4 is 5.32 Å². The van der Waals surface area contributed by atoms with Gasteiger partial charge in [-0.1, -0.05) is 49.6 Å². The van der Waals surface area contributed by atoms with Crippen LogP contribution >= 0.6 is 0 Å². The maximum absolute atomic E-state index is 13.7. The van der Waals surface area contributed by atoms with Gasteiger partial charge in [-0.05, 0) is 43.2 Å². The Morgan fingerprint density at radius 3 is 2.42 bits per heavy atom. The third-order valence-corrected chi connectivity index (χ3v) is 6.11. The number of aromatic amines is 1. The zero-order valence-electron chi connectivity index (χ0n) is 17.9. The molecule has 2 aromatic carbocycles. The first-order valence-corrected chi connectivity index (χ1v) is 10.9. The van der Waals surface area contributed by atoms with Gasteiger partial charge in [-0.3, -0.25) is 10.1 Å². The Bertz CT molecular complexity index is 1250. The van der Waals surface area contributed by atoms with Crippen LogP contribution in [0.25, 0.3) is 22.2 Å². The Kier molecular flexibility index (Phi) is 6.82. The topological polar surface area (TPSA) is 53.6 Å². The molecule has 169 valence electrons. The molecule has 0 unspecified atom stereocenters. The molecule has 1 aliphatic rings. The number of rotatable bonds is 4. The van der Waals surface area contributed by atoms with Crippen molar-refractivity contribution in [2.24, 2.45) is 0 Å². The van der Waals surface area contributed by atoms with Crippen molar-refractivity contribution < 1.29 is 31.7 Å².